The van der Waals surface area contributed by atoms with Gasteiger partial charge in [-0.2, -0.15) is 0 Å². The molecular formula is C16H20N4O2S2. The van der Waals surface area contributed by atoms with Crippen molar-refractivity contribution in [3.63, 3.8) is 0 Å². The van der Waals surface area contributed by atoms with Gasteiger partial charge in [0.05, 0.1) is 12.4 Å². The van der Waals surface area contributed by atoms with E-state index in [1.54, 1.807) is 7.11 Å². The van der Waals surface area contributed by atoms with Crippen LogP contribution < -0.4 is 10.1 Å². The topological polar surface area (TPSA) is 67.3 Å². The van der Waals surface area contributed by atoms with Gasteiger partial charge in [-0.1, -0.05) is 23.1 Å². The first-order valence-electron chi connectivity index (χ1n) is 7.86. The number of likely N-dealkylation sites (tertiary alicyclic amines) is 1. The summed E-state index contributed by atoms with van der Waals surface area (Å²) in [6.07, 6.45) is 2.22. The van der Waals surface area contributed by atoms with E-state index in [1.165, 1.54) is 23.1 Å². The molecule has 2 heterocycles. The Morgan fingerprint density at radius 3 is 2.67 bits per heavy atom. The second-order valence-electron chi connectivity index (χ2n) is 5.52. The van der Waals surface area contributed by atoms with Crippen molar-refractivity contribution in [2.45, 2.75) is 29.4 Å². The number of amides is 1. The summed E-state index contributed by atoms with van der Waals surface area (Å²) in [5.74, 6) is 1.00. The molecule has 1 fully saturated rings. The van der Waals surface area contributed by atoms with Gasteiger partial charge < -0.3 is 15.0 Å². The number of carbonyl (C=O) groups excluding carboxylic acids is 1. The summed E-state index contributed by atoms with van der Waals surface area (Å²) in [4.78, 5) is 14.3. The van der Waals surface area contributed by atoms with Crippen molar-refractivity contribution >= 4 is 39.8 Å². The molecule has 6 nitrogen and oxygen atoms in total. The summed E-state index contributed by atoms with van der Waals surface area (Å²) in [6, 6.07) is 7.62. The Bertz CT molecular complexity index is 684. The van der Waals surface area contributed by atoms with E-state index >= 15 is 0 Å². The highest BCUT2D eigenvalue weighted by atomic mass is 32.2. The monoisotopic (exact) mass is 364 g/mol. The lowest BCUT2D eigenvalue weighted by Gasteiger charge is -2.18. The van der Waals surface area contributed by atoms with Gasteiger partial charge in [-0.15, -0.1) is 10.2 Å². The smallest absolute Gasteiger partial charge is 0.235 e. The van der Waals surface area contributed by atoms with E-state index < -0.39 is 0 Å². The molecule has 1 aliphatic heterocycles. The third-order valence-electron chi connectivity index (χ3n) is 3.79. The fourth-order valence-corrected chi connectivity index (χ4v) is 4.50. The first-order chi connectivity index (χ1) is 11.7. The number of nitrogens with zero attached hydrogens (tertiary/aromatic N) is 3. The van der Waals surface area contributed by atoms with Gasteiger partial charge >= 0.3 is 0 Å². The lowest BCUT2D eigenvalue weighted by atomic mass is 10.3. The van der Waals surface area contributed by atoms with E-state index in [4.69, 9.17) is 4.74 Å². The standard InChI is InChI=1S/C16H20N4O2S2/c1-11(14(21)20-9-3-4-10-20)23-16-19-18-15(24-16)17-12-5-7-13(22-2)8-6-12/h5-8,11H,3-4,9-10H2,1-2H3,(H,17,18). The average Bonchev–Trinajstić information content (AvgIpc) is 3.27. The Kier molecular flexibility index (Phi) is 5.57. The molecule has 0 saturated carbocycles. The van der Waals surface area contributed by atoms with Gasteiger partial charge in [-0.25, -0.2) is 0 Å². The third kappa shape index (κ3) is 4.18. The lowest BCUT2D eigenvalue weighted by Crippen LogP contribution is -2.33. The number of nitrogens with one attached hydrogen (secondary N) is 1. The first-order valence-corrected chi connectivity index (χ1v) is 9.55. The van der Waals surface area contributed by atoms with Crippen LogP contribution in [0.15, 0.2) is 28.6 Å². The maximum atomic E-state index is 12.3. The highest BCUT2D eigenvalue weighted by Gasteiger charge is 2.25. The van der Waals surface area contributed by atoms with E-state index in [2.05, 4.69) is 15.5 Å². The number of hydrogen-bond donors (Lipinski definition) is 1. The van der Waals surface area contributed by atoms with E-state index in [0.29, 0.717) is 5.13 Å². The SMILES string of the molecule is COc1ccc(Nc2nnc(SC(C)C(=O)N3CCCC3)s2)cc1. The van der Waals surface area contributed by atoms with Gasteiger partial charge in [-0.05, 0) is 44.0 Å². The molecule has 0 spiro atoms. The number of benzene rings is 1. The molecule has 1 amide bonds. The van der Waals surface area contributed by atoms with Gasteiger partial charge in [0, 0.05) is 18.8 Å². The molecule has 0 bridgehead atoms. The molecule has 1 N–H and O–H groups in total. The highest BCUT2D eigenvalue weighted by Crippen LogP contribution is 2.31. The zero-order valence-electron chi connectivity index (χ0n) is 13.7. The second-order valence-corrected chi connectivity index (χ2v) is 8.08. The number of ether oxygens (including phenoxy) is 1. The summed E-state index contributed by atoms with van der Waals surface area (Å²) in [5, 5.41) is 12.1. The molecule has 8 heteroatoms. The van der Waals surface area contributed by atoms with Gasteiger partial charge in [0.1, 0.15) is 5.75 Å². The van der Waals surface area contributed by atoms with Gasteiger partial charge in [0.25, 0.3) is 0 Å². The van der Waals surface area contributed by atoms with Crippen LogP contribution in [0.3, 0.4) is 0 Å². The Morgan fingerprint density at radius 1 is 1.29 bits per heavy atom. The number of hydrogen-bond acceptors (Lipinski definition) is 7. The summed E-state index contributed by atoms with van der Waals surface area (Å²) in [7, 11) is 1.64. The number of rotatable bonds is 6. The van der Waals surface area contributed by atoms with Gasteiger partial charge in [0.15, 0.2) is 4.34 Å². The Labute approximate surface area is 149 Å². The number of methoxy groups -OCH3 is 1. The van der Waals surface area contributed by atoms with Crippen LogP contribution >= 0.6 is 23.1 Å². The number of anilines is 2. The molecule has 1 atom stereocenters. The fraction of sp³-hybridized carbons (Fsp3) is 0.438. The zero-order chi connectivity index (χ0) is 16.9. The molecule has 1 aliphatic rings. The summed E-state index contributed by atoms with van der Waals surface area (Å²) in [5.41, 5.74) is 0.921. The number of carbonyl (C=O) groups is 1. The van der Waals surface area contributed by atoms with Gasteiger partial charge in [0.2, 0.25) is 11.0 Å². The van der Waals surface area contributed by atoms with Crippen molar-refractivity contribution in [3.8, 4) is 5.75 Å². The summed E-state index contributed by atoms with van der Waals surface area (Å²) < 4.78 is 5.94. The summed E-state index contributed by atoms with van der Waals surface area (Å²) >= 11 is 2.92. The van der Waals surface area contributed by atoms with Crippen LogP contribution in [-0.4, -0.2) is 46.5 Å². The van der Waals surface area contributed by atoms with E-state index in [9.17, 15) is 4.79 Å². The third-order valence-corrected chi connectivity index (χ3v) is 5.80. The second kappa shape index (κ2) is 7.85. The van der Waals surface area contributed by atoms with Crippen molar-refractivity contribution in [1.29, 1.82) is 0 Å². The van der Waals surface area contributed by atoms with Crippen molar-refractivity contribution in [2.24, 2.45) is 0 Å². The quantitative estimate of drug-likeness (QED) is 0.793. The minimum absolute atomic E-state index is 0.134. The molecule has 1 aromatic carbocycles. The van der Waals surface area contributed by atoms with Crippen molar-refractivity contribution in [3.05, 3.63) is 24.3 Å². The average molecular weight is 364 g/mol. The molecule has 0 aliphatic carbocycles. The number of thioether (sulfide) groups is 1. The molecule has 3 rings (SSSR count). The Morgan fingerprint density at radius 2 is 2.00 bits per heavy atom. The maximum absolute atomic E-state index is 12.3. The van der Waals surface area contributed by atoms with Crippen molar-refractivity contribution < 1.29 is 9.53 Å². The summed E-state index contributed by atoms with van der Waals surface area (Å²) in [6.45, 7) is 3.69. The van der Waals surface area contributed by atoms with Crippen LogP contribution in [0.5, 0.6) is 5.75 Å². The predicted octanol–water partition coefficient (Wildman–Crippen LogP) is 3.39. The minimum Gasteiger partial charge on any atom is -0.497 e. The predicted molar refractivity (Wildman–Crippen MR) is 97.3 cm³/mol. The molecule has 128 valence electrons. The van der Waals surface area contributed by atoms with Crippen molar-refractivity contribution in [1.82, 2.24) is 15.1 Å². The lowest BCUT2D eigenvalue weighted by molar-refractivity contribution is -0.129. The van der Waals surface area contributed by atoms with Crippen LogP contribution in [0, 0.1) is 0 Å². The van der Waals surface area contributed by atoms with Crippen LogP contribution in [0.25, 0.3) is 0 Å². The molecule has 1 unspecified atom stereocenters. The van der Waals surface area contributed by atoms with Crippen LogP contribution in [0.1, 0.15) is 19.8 Å². The molecular weight excluding hydrogens is 344 g/mol. The van der Waals surface area contributed by atoms with Crippen molar-refractivity contribution in [2.75, 3.05) is 25.5 Å². The maximum Gasteiger partial charge on any atom is 0.235 e. The largest absolute Gasteiger partial charge is 0.497 e. The van der Waals surface area contributed by atoms with Gasteiger partial charge in [-0.3, -0.25) is 4.79 Å². The van der Waals surface area contributed by atoms with Crippen LogP contribution in [0.2, 0.25) is 0 Å². The molecule has 0 radical (unpaired) electrons. The van der Waals surface area contributed by atoms with Crippen LogP contribution in [0.4, 0.5) is 10.8 Å². The molecule has 2 aromatic rings. The normalized spacial score (nSPS) is 15.3. The molecule has 24 heavy (non-hydrogen) atoms. The fourth-order valence-electron chi connectivity index (χ4n) is 2.50. The van der Waals surface area contributed by atoms with E-state index in [0.717, 1.165) is 41.7 Å². The first kappa shape index (κ1) is 17.0. The minimum atomic E-state index is -0.134. The molecule has 1 aromatic heterocycles. The highest BCUT2D eigenvalue weighted by molar-refractivity contribution is 8.02. The van der Waals surface area contributed by atoms with E-state index in [1.807, 2.05) is 36.1 Å². The number of aromatic nitrogens is 2. The molecule has 1 saturated heterocycles. The van der Waals surface area contributed by atoms with E-state index in [-0.39, 0.29) is 11.2 Å². The Hall–Kier alpha value is -1.80. The van der Waals surface area contributed by atoms with Crippen LogP contribution in [-0.2, 0) is 4.79 Å². The Balaban J connectivity index is 1.57. The zero-order valence-corrected chi connectivity index (χ0v) is 15.3.